The third-order valence-corrected chi connectivity index (χ3v) is 3.95. The standard InChI is InChI=1S/C18H21N3O3/c1-20(2)12-14-7-8-16(24-14)18(23)19-11-17(22)21-10-9-13-5-3-4-6-15(13)21/h3-8H,9-12H2,1-2H3,(H,19,23). The molecule has 0 spiro atoms. The van der Waals surface area contributed by atoms with E-state index in [9.17, 15) is 9.59 Å². The largest absolute Gasteiger partial charge is 0.455 e. The van der Waals surface area contributed by atoms with E-state index < -0.39 is 0 Å². The lowest BCUT2D eigenvalue weighted by molar-refractivity contribution is -0.117. The molecule has 0 saturated carbocycles. The van der Waals surface area contributed by atoms with Gasteiger partial charge in [-0.1, -0.05) is 18.2 Å². The van der Waals surface area contributed by atoms with E-state index in [1.807, 2.05) is 43.3 Å². The Hall–Kier alpha value is -2.60. The van der Waals surface area contributed by atoms with E-state index in [2.05, 4.69) is 5.32 Å². The maximum Gasteiger partial charge on any atom is 0.287 e. The van der Waals surface area contributed by atoms with Crippen LogP contribution in [0.2, 0.25) is 0 Å². The fourth-order valence-corrected chi connectivity index (χ4v) is 2.83. The molecule has 0 radical (unpaired) electrons. The Bertz CT molecular complexity index is 751. The SMILES string of the molecule is CN(C)Cc1ccc(C(=O)NCC(=O)N2CCc3ccccc32)o1. The van der Waals surface area contributed by atoms with Gasteiger partial charge in [0.15, 0.2) is 5.76 Å². The van der Waals surface area contributed by atoms with Crippen LogP contribution in [-0.2, 0) is 17.8 Å². The van der Waals surface area contributed by atoms with Crippen molar-refractivity contribution < 1.29 is 14.0 Å². The van der Waals surface area contributed by atoms with Gasteiger partial charge in [0.1, 0.15) is 5.76 Å². The smallest absolute Gasteiger partial charge is 0.287 e. The predicted octanol–water partition coefficient (Wildman–Crippen LogP) is 1.66. The van der Waals surface area contributed by atoms with Crippen LogP contribution in [0.1, 0.15) is 21.9 Å². The summed E-state index contributed by atoms with van der Waals surface area (Å²) in [6, 6.07) is 11.2. The average Bonchev–Trinajstić information content (AvgIpc) is 3.18. The lowest BCUT2D eigenvalue weighted by Crippen LogP contribution is -2.39. The number of furan rings is 1. The van der Waals surface area contributed by atoms with Crippen LogP contribution < -0.4 is 10.2 Å². The molecular weight excluding hydrogens is 306 g/mol. The molecule has 2 heterocycles. The lowest BCUT2D eigenvalue weighted by Gasteiger charge is -2.17. The Balaban J connectivity index is 1.57. The molecule has 3 rings (SSSR count). The summed E-state index contributed by atoms with van der Waals surface area (Å²) in [4.78, 5) is 28.2. The van der Waals surface area contributed by atoms with Crippen LogP contribution in [-0.4, -0.2) is 43.9 Å². The van der Waals surface area contributed by atoms with Gasteiger partial charge in [0.25, 0.3) is 5.91 Å². The molecule has 24 heavy (non-hydrogen) atoms. The van der Waals surface area contributed by atoms with Crippen molar-refractivity contribution in [1.29, 1.82) is 0 Å². The van der Waals surface area contributed by atoms with E-state index in [0.29, 0.717) is 18.8 Å². The van der Waals surface area contributed by atoms with Gasteiger partial charge in [0.05, 0.1) is 13.1 Å². The lowest BCUT2D eigenvalue weighted by atomic mass is 10.2. The van der Waals surface area contributed by atoms with Gasteiger partial charge in [-0.15, -0.1) is 0 Å². The summed E-state index contributed by atoms with van der Waals surface area (Å²) < 4.78 is 5.49. The van der Waals surface area contributed by atoms with Crippen molar-refractivity contribution in [3.05, 3.63) is 53.5 Å². The van der Waals surface area contributed by atoms with Crippen LogP contribution >= 0.6 is 0 Å². The highest BCUT2D eigenvalue weighted by molar-refractivity contribution is 6.00. The van der Waals surface area contributed by atoms with Gasteiger partial charge < -0.3 is 19.5 Å². The molecule has 0 bridgehead atoms. The molecule has 0 fully saturated rings. The second kappa shape index (κ2) is 6.88. The first-order chi connectivity index (χ1) is 11.5. The molecule has 1 aromatic heterocycles. The Morgan fingerprint density at radius 2 is 2.00 bits per heavy atom. The van der Waals surface area contributed by atoms with Crippen molar-refractivity contribution in [3.8, 4) is 0 Å². The van der Waals surface area contributed by atoms with Gasteiger partial charge in [-0.3, -0.25) is 9.59 Å². The summed E-state index contributed by atoms with van der Waals surface area (Å²) in [6.07, 6.45) is 0.849. The van der Waals surface area contributed by atoms with E-state index in [-0.39, 0.29) is 24.1 Å². The molecule has 6 nitrogen and oxygen atoms in total. The maximum absolute atomic E-state index is 12.4. The van der Waals surface area contributed by atoms with Crippen molar-refractivity contribution in [2.45, 2.75) is 13.0 Å². The van der Waals surface area contributed by atoms with E-state index >= 15 is 0 Å². The molecule has 1 aliphatic rings. The Morgan fingerprint density at radius 1 is 1.21 bits per heavy atom. The minimum absolute atomic E-state index is 0.0448. The Morgan fingerprint density at radius 3 is 2.79 bits per heavy atom. The number of rotatable bonds is 5. The third-order valence-electron chi connectivity index (χ3n) is 3.95. The second-order valence-electron chi connectivity index (χ2n) is 6.11. The third kappa shape index (κ3) is 3.49. The number of anilines is 1. The molecule has 1 aromatic carbocycles. The van der Waals surface area contributed by atoms with Crippen molar-refractivity contribution in [3.63, 3.8) is 0 Å². The number of fused-ring (bicyclic) bond motifs is 1. The van der Waals surface area contributed by atoms with Gasteiger partial charge in [-0.05, 0) is 44.3 Å². The van der Waals surface area contributed by atoms with Crippen molar-refractivity contribution in [2.75, 3.05) is 32.1 Å². The summed E-state index contributed by atoms with van der Waals surface area (Å²) >= 11 is 0. The summed E-state index contributed by atoms with van der Waals surface area (Å²) in [7, 11) is 3.85. The Kier molecular flexibility index (Phi) is 4.66. The zero-order chi connectivity index (χ0) is 17.1. The topological polar surface area (TPSA) is 65.8 Å². The summed E-state index contributed by atoms with van der Waals surface area (Å²) in [6.45, 7) is 1.23. The summed E-state index contributed by atoms with van der Waals surface area (Å²) in [5, 5.41) is 2.64. The number of nitrogens with one attached hydrogen (secondary N) is 1. The van der Waals surface area contributed by atoms with Crippen LogP contribution in [0.25, 0.3) is 0 Å². The fraction of sp³-hybridized carbons (Fsp3) is 0.333. The number of carbonyl (C=O) groups is 2. The molecule has 126 valence electrons. The minimum atomic E-state index is -0.374. The van der Waals surface area contributed by atoms with Crippen molar-refractivity contribution >= 4 is 17.5 Å². The summed E-state index contributed by atoms with van der Waals surface area (Å²) in [5.74, 6) is 0.445. The highest BCUT2D eigenvalue weighted by Gasteiger charge is 2.24. The van der Waals surface area contributed by atoms with Gasteiger partial charge in [0, 0.05) is 12.2 Å². The average molecular weight is 327 g/mol. The van der Waals surface area contributed by atoms with E-state index in [1.165, 1.54) is 0 Å². The highest BCUT2D eigenvalue weighted by atomic mass is 16.4. The molecule has 2 aromatic rings. The molecule has 0 aliphatic carbocycles. The number of hydrogen-bond donors (Lipinski definition) is 1. The van der Waals surface area contributed by atoms with Crippen molar-refractivity contribution in [1.82, 2.24) is 10.2 Å². The van der Waals surface area contributed by atoms with E-state index in [1.54, 1.807) is 17.0 Å². The number of amides is 2. The number of carbonyl (C=O) groups excluding carboxylic acids is 2. The van der Waals surface area contributed by atoms with E-state index in [4.69, 9.17) is 4.42 Å². The molecule has 0 atom stereocenters. The second-order valence-corrected chi connectivity index (χ2v) is 6.11. The molecular formula is C18H21N3O3. The van der Waals surface area contributed by atoms with Crippen LogP contribution in [0, 0.1) is 0 Å². The van der Waals surface area contributed by atoms with Gasteiger partial charge in [0.2, 0.25) is 5.91 Å². The quantitative estimate of drug-likeness (QED) is 0.907. The zero-order valence-electron chi connectivity index (χ0n) is 13.9. The normalized spacial score (nSPS) is 13.2. The maximum atomic E-state index is 12.4. The number of benzene rings is 1. The molecule has 2 amide bonds. The van der Waals surface area contributed by atoms with Crippen molar-refractivity contribution in [2.24, 2.45) is 0 Å². The predicted molar refractivity (Wildman–Crippen MR) is 90.9 cm³/mol. The van der Waals surface area contributed by atoms with E-state index in [0.717, 1.165) is 17.7 Å². The number of para-hydroxylation sites is 1. The molecule has 0 unspecified atom stereocenters. The highest BCUT2D eigenvalue weighted by Crippen LogP contribution is 2.27. The van der Waals surface area contributed by atoms with Crippen LogP contribution in [0.5, 0.6) is 0 Å². The molecule has 1 aliphatic heterocycles. The molecule has 6 heteroatoms. The number of nitrogens with zero attached hydrogens (tertiary/aromatic N) is 2. The Labute approximate surface area is 141 Å². The van der Waals surface area contributed by atoms with Gasteiger partial charge in [-0.25, -0.2) is 0 Å². The minimum Gasteiger partial charge on any atom is -0.455 e. The van der Waals surface area contributed by atoms with Crippen LogP contribution in [0.4, 0.5) is 5.69 Å². The summed E-state index contributed by atoms with van der Waals surface area (Å²) in [5.41, 5.74) is 2.10. The van der Waals surface area contributed by atoms with Gasteiger partial charge in [-0.2, -0.15) is 0 Å². The first-order valence-corrected chi connectivity index (χ1v) is 7.94. The van der Waals surface area contributed by atoms with Gasteiger partial charge >= 0.3 is 0 Å². The first-order valence-electron chi connectivity index (χ1n) is 7.94. The number of hydrogen-bond acceptors (Lipinski definition) is 4. The van der Waals surface area contributed by atoms with Crippen LogP contribution in [0.3, 0.4) is 0 Å². The van der Waals surface area contributed by atoms with Crippen LogP contribution in [0.15, 0.2) is 40.8 Å². The molecule has 0 saturated heterocycles. The molecule has 1 N–H and O–H groups in total. The fourth-order valence-electron chi connectivity index (χ4n) is 2.83. The monoisotopic (exact) mass is 327 g/mol. The first kappa shape index (κ1) is 16.3. The zero-order valence-corrected chi connectivity index (χ0v) is 13.9.